The van der Waals surface area contributed by atoms with Crippen molar-refractivity contribution in [3.05, 3.63) is 95.8 Å². The van der Waals surface area contributed by atoms with Crippen LogP contribution in [0.2, 0.25) is 0 Å². The summed E-state index contributed by atoms with van der Waals surface area (Å²) in [5, 5.41) is 3.10. The Balaban J connectivity index is 1.65. The van der Waals surface area contributed by atoms with Gasteiger partial charge in [0.05, 0.1) is 10.6 Å². The van der Waals surface area contributed by atoms with Crippen molar-refractivity contribution in [3.8, 4) is 0 Å². The molecule has 3 aromatic rings. The number of anilines is 1. The van der Waals surface area contributed by atoms with Gasteiger partial charge < -0.3 is 10.2 Å². The molecule has 0 bridgehead atoms. The lowest BCUT2D eigenvalue weighted by molar-refractivity contribution is -0.139. The Morgan fingerprint density at radius 3 is 2.17 bits per heavy atom. The van der Waals surface area contributed by atoms with Crippen LogP contribution in [0, 0.1) is 12.7 Å². The Morgan fingerprint density at radius 2 is 1.55 bits per heavy atom. The summed E-state index contributed by atoms with van der Waals surface area (Å²) in [6.07, 6.45) is 5.07. The van der Waals surface area contributed by atoms with E-state index in [0.29, 0.717) is 0 Å². The average molecular weight is 566 g/mol. The largest absolute Gasteiger partial charge is 0.352 e. The number of carbonyl (C=O) groups excluding carboxylic acids is 2. The van der Waals surface area contributed by atoms with Crippen molar-refractivity contribution in [2.45, 2.75) is 69.5 Å². The Hall–Kier alpha value is -3.72. The third-order valence-corrected chi connectivity index (χ3v) is 9.11. The topological polar surface area (TPSA) is 86.8 Å². The first-order valence-corrected chi connectivity index (χ1v) is 15.1. The fourth-order valence-corrected chi connectivity index (χ4v) is 6.31. The Morgan fingerprint density at radius 1 is 0.925 bits per heavy atom. The number of rotatable bonds is 10. The number of hydrogen-bond acceptors (Lipinski definition) is 4. The maximum Gasteiger partial charge on any atom is 0.264 e. The van der Waals surface area contributed by atoms with Gasteiger partial charge in [0.2, 0.25) is 11.8 Å². The van der Waals surface area contributed by atoms with Crippen LogP contribution >= 0.6 is 0 Å². The zero-order chi connectivity index (χ0) is 28.7. The van der Waals surface area contributed by atoms with Crippen LogP contribution in [0.1, 0.15) is 50.2 Å². The minimum atomic E-state index is -4.23. The second kappa shape index (κ2) is 13.1. The number of nitrogens with zero attached hydrogens (tertiary/aromatic N) is 2. The van der Waals surface area contributed by atoms with Gasteiger partial charge in [-0.3, -0.25) is 13.9 Å². The van der Waals surface area contributed by atoms with Crippen LogP contribution < -0.4 is 9.62 Å². The van der Waals surface area contributed by atoms with Gasteiger partial charge in [-0.2, -0.15) is 0 Å². The summed E-state index contributed by atoms with van der Waals surface area (Å²) in [5.41, 5.74) is 2.17. The fourth-order valence-electron chi connectivity index (χ4n) is 4.90. The lowest BCUT2D eigenvalue weighted by atomic mass is 9.95. The summed E-state index contributed by atoms with van der Waals surface area (Å²) in [6, 6.07) is 19.7. The van der Waals surface area contributed by atoms with Gasteiger partial charge in [0.1, 0.15) is 18.4 Å². The molecule has 4 rings (SSSR count). The summed E-state index contributed by atoms with van der Waals surface area (Å²) in [4.78, 5) is 28.6. The number of sulfonamides is 1. The lowest BCUT2D eigenvalue weighted by Crippen LogP contribution is -2.53. The molecule has 212 valence electrons. The average Bonchev–Trinajstić information content (AvgIpc) is 2.96. The van der Waals surface area contributed by atoms with E-state index in [1.165, 1.54) is 17.0 Å². The maximum atomic E-state index is 13.9. The predicted molar refractivity (Wildman–Crippen MR) is 154 cm³/mol. The molecule has 0 aromatic heterocycles. The molecule has 1 atom stereocenters. The van der Waals surface area contributed by atoms with Crippen LogP contribution in [0.15, 0.2) is 83.8 Å². The molecule has 7 nitrogen and oxygen atoms in total. The first kappa shape index (κ1) is 29.3. The predicted octanol–water partition coefficient (Wildman–Crippen LogP) is 5.20. The Kier molecular flexibility index (Phi) is 9.58. The molecule has 0 spiro atoms. The first-order valence-electron chi connectivity index (χ1n) is 13.6. The number of halogens is 1. The van der Waals surface area contributed by atoms with E-state index in [4.69, 9.17) is 0 Å². The number of carbonyl (C=O) groups is 2. The van der Waals surface area contributed by atoms with Crippen molar-refractivity contribution in [1.82, 2.24) is 10.2 Å². The third-order valence-electron chi connectivity index (χ3n) is 7.32. The number of hydrogen-bond donors (Lipinski definition) is 1. The fraction of sp³-hybridized carbons (Fsp3) is 0.355. The van der Waals surface area contributed by atoms with E-state index >= 15 is 0 Å². The minimum absolute atomic E-state index is 0.0692. The van der Waals surface area contributed by atoms with E-state index in [9.17, 15) is 22.4 Å². The molecule has 0 heterocycles. The normalized spacial score (nSPS) is 14.8. The molecule has 1 N–H and O–H groups in total. The molecular weight excluding hydrogens is 529 g/mol. The van der Waals surface area contributed by atoms with Crippen molar-refractivity contribution in [2.24, 2.45) is 0 Å². The summed E-state index contributed by atoms with van der Waals surface area (Å²) < 4.78 is 42.0. The highest BCUT2D eigenvalue weighted by Gasteiger charge is 2.33. The standard InChI is InChI=1S/C31H36FN3O4S/c1-23-13-15-25(16-14-23)21-34(24(2)31(37)33-27-9-5-3-6-10-27)30(36)22-35(28-11-7-4-8-12-28)40(38,39)29-19-17-26(32)18-20-29/h4,7-8,11-20,24,27H,3,5-6,9-10,21-22H2,1-2H3,(H,33,37)/t24-/m0/s1. The van der Waals surface area contributed by atoms with Crippen LogP contribution in [0.5, 0.6) is 0 Å². The Labute approximate surface area is 236 Å². The number of para-hydroxylation sites is 1. The molecular formula is C31H36FN3O4S. The maximum absolute atomic E-state index is 13.9. The van der Waals surface area contributed by atoms with Crippen LogP contribution in [0.25, 0.3) is 0 Å². The minimum Gasteiger partial charge on any atom is -0.352 e. The van der Waals surface area contributed by atoms with Gasteiger partial charge >= 0.3 is 0 Å². The SMILES string of the molecule is Cc1ccc(CN(C(=O)CN(c2ccccc2)S(=O)(=O)c2ccc(F)cc2)[C@@H](C)C(=O)NC2CCCCC2)cc1. The molecule has 1 aliphatic carbocycles. The molecule has 2 amide bonds. The van der Waals surface area contributed by atoms with Gasteiger partial charge in [0.15, 0.2) is 0 Å². The van der Waals surface area contributed by atoms with Crippen LogP contribution in [0.3, 0.4) is 0 Å². The molecule has 1 saturated carbocycles. The van der Waals surface area contributed by atoms with Crippen LogP contribution in [-0.4, -0.2) is 43.8 Å². The van der Waals surface area contributed by atoms with Crippen molar-refractivity contribution >= 4 is 27.5 Å². The molecule has 0 aliphatic heterocycles. The monoisotopic (exact) mass is 565 g/mol. The quantitative estimate of drug-likeness (QED) is 0.366. The van der Waals surface area contributed by atoms with E-state index in [-0.39, 0.29) is 29.1 Å². The molecule has 1 aliphatic rings. The highest BCUT2D eigenvalue weighted by Crippen LogP contribution is 2.25. The molecule has 0 radical (unpaired) electrons. The highest BCUT2D eigenvalue weighted by atomic mass is 32.2. The number of amides is 2. The van der Waals surface area contributed by atoms with Crippen LogP contribution in [0.4, 0.5) is 10.1 Å². The van der Waals surface area contributed by atoms with Gasteiger partial charge in [-0.25, -0.2) is 12.8 Å². The van der Waals surface area contributed by atoms with E-state index < -0.39 is 34.3 Å². The summed E-state index contributed by atoms with van der Waals surface area (Å²) in [7, 11) is -4.23. The first-order chi connectivity index (χ1) is 19.1. The summed E-state index contributed by atoms with van der Waals surface area (Å²) >= 11 is 0. The van der Waals surface area contributed by atoms with Crippen molar-refractivity contribution in [2.75, 3.05) is 10.8 Å². The van der Waals surface area contributed by atoms with Crippen molar-refractivity contribution < 1.29 is 22.4 Å². The van der Waals surface area contributed by atoms with Gasteiger partial charge in [0.25, 0.3) is 10.0 Å². The molecule has 1 fully saturated rings. The van der Waals surface area contributed by atoms with Gasteiger partial charge in [-0.15, -0.1) is 0 Å². The lowest BCUT2D eigenvalue weighted by Gasteiger charge is -2.33. The molecule has 3 aromatic carbocycles. The summed E-state index contributed by atoms with van der Waals surface area (Å²) in [5.74, 6) is -1.36. The van der Waals surface area contributed by atoms with Crippen LogP contribution in [-0.2, 0) is 26.2 Å². The second-order valence-electron chi connectivity index (χ2n) is 10.3. The third kappa shape index (κ3) is 7.27. The Bertz CT molecular complexity index is 1390. The second-order valence-corrected chi connectivity index (χ2v) is 12.2. The molecule has 0 saturated heterocycles. The van der Waals surface area contributed by atoms with E-state index in [1.54, 1.807) is 37.3 Å². The molecule has 0 unspecified atom stereocenters. The van der Waals surface area contributed by atoms with E-state index in [0.717, 1.165) is 59.7 Å². The van der Waals surface area contributed by atoms with Crippen molar-refractivity contribution in [1.29, 1.82) is 0 Å². The zero-order valence-corrected chi connectivity index (χ0v) is 23.7. The highest BCUT2D eigenvalue weighted by molar-refractivity contribution is 7.92. The van der Waals surface area contributed by atoms with E-state index in [1.807, 2.05) is 31.2 Å². The molecule has 40 heavy (non-hydrogen) atoms. The zero-order valence-electron chi connectivity index (χ0n) is 22.9. The van der Waals surface area contributed by atoms with Gasteiger partial charge in [0, 0.05) is 12.6 Å². The summed E-state index contributed by atoms with van der Waals surface area (Å²) in [6.45, 7) is 3.24. The van der Waals surface area contributed by atoms with Gasteiger partial charge in [-0.1, -0.05) is 67.3 Å². The number of aryl methyl sites for hydroxylation is 1. The van der Waals surface area contributed by atoms with E-state index in [2.05, 4.69) is 5.32 Å². The van der Waals surface area contributed by atoms with Gasteiger partial charge in [-0.05, 0) is 68.7 Å². The number of benzene rings is 3. The number of nitrogens with one attached hydrogen (secondary N) is 1. The molecule has 9 heteroatoms. The smallest absolute Gasteiger partial charge is 0.264 e. The van der Waals surface area contributed by atoms with Crippen molar-refractivity contribution in [3.63, 3.8) is 0 Å².